The Morgan fingerprint density at radius 3 is 2.73 bits per heavy atom. The number of hydrogen-bond acceptors (Lipinski definition) is 4. The average Bonchev–Trinajstić information content (AvgIpc) is 3.12. The molecule has 26 heavy (non-hydrogen) atoms. The van der Waals surface area contributed by atoms with Crippen LogP contribution < -0.4 is 5.32 Å². The van der Waals surface area contributed by atoms with Crippen molar-refractivity contribution in [3.05, 3.63) is 56.8 Å². The molecule has 0 saturated carbocycles. The van der Waals surface area contributed by atoms with E-state index in [9.17, 15) is 4.79 Å². The van der Waals surface area contributed by atoms with Gasteiger partial charge in [0.25, 0.3) is 5.91 Å². The fourth-order valence-electron chi connectivity index (χ4n) is 3.84. The van der Waals surface area contributed by atoms with Gasteiger partial charge in [-0.1, -0.05) is 24.3 Å². The van der Waals surface area contributed by atoms with E-state index < -0.39 is 0 Å². The molecule has 138 valence electrons. The third-order valence-electron chi connectivity index (χ3n) is 5.36. The van der Waals surface area contributed by atoms with Gasteiger partial charge in [0.05, 0.1) is 18.8 Å². The molecule has 2 aliphatic rings. The van der Waals surface area contributed by atoms with Gasteiger partial charge in [0.1, 0.15) is 0 Å². The molecule has 1 aromatic heterocycles. The number of rotatable bonds is 5. The maximum absolute atomic E-state index is 12.7. The third-order valence-corrected chi connectivity index (χ3v) is 6.45. The first-order valence-electron chi connectivity index (χ1n) is 9.55. The van der Waals surface area contributed by atoms with Crippen molar-refractivity contribution in [1.82, 2.24) is 10.2 Å². The Bertz CT molecular complexity index is 765. The SMILES string of the molecule is O=C(NCc1ccccc1CN1CCOCC1)c1csc2c1CCCC2. The highest BCUT2D eigenvalue weighted by Crippen LogP contribution is 2.30. The summed E-state index contributed by atoms with van der Waals surface area (Å²) in [7, 11) is 0. The number of benzene rings is 1. The minimum atomic E-state index is 0.0746. The van der Waals surface area contributed by atoms with Crippen molar-refractivity contribution in [2.24, 2.45) is 0 Å². The molecule has 0 atom stereocenters. The van der Waals surface area contributed by atoms with Crippen LogP contribution in [0, 0.1) is 0 Å². The van der Waals surface area contributed by atoms with E-state index in [0.29, 0.717) is 6.54 Å². The molecule has 4 nitrogen and oxygen atoms in total. The molecule has 0 radical (unpaired) electrons. The van der Waals surface area contributed by atoms with Gasteiger partial charge in [-0.25, -0.2) is 0 Å². The van der Waals surface area contributed by atoms with E-state index in [4.69, 9.17) is 4.74 Å². The minimum Gasteiger partial charge on any atom is -0.379 e. The number of aryl methyl sites for hydroxylation is 1. The van der Waals surface area contributed by atoms with Crippen LogP contribution in [-0.4, -0.2) is 37.1 Å². The first-order chi connectivity index (χ1) is 12.8. The van der Waals surface area contributed by atoms with Crippen molar-refractivity contribution in [2.45, 2.75) is 38.8 Å². The van der Waals surface area contributed by atoms with Gasteiger partial charge in [0.15, 0.2) is 0 Å². The Balaban J connectivity index is 1.41. The van der Waals surface area contributed by atoms with E-state index in [1.54, 1.807) is 11.3 Å². The summed E-state index contributed by atoms with van der Waals surface area (Å²) in [6.45, 7) is 5.07. The second kappa shape index (κ2) is 8.33. The lowest BCUT2D eigenvalue weighted by Crippen LogP contribution is -2.36. The molecule has 0 spiro atoms. The lowest BCUT2D eigenvalue weighted by atomic mass is 9.95. The minimum absolute atomic E-state index is 0.0746. The molecular weight excluding hydrogens is 344 g/mol. The normalized spacial score (nSPS) is 17.7. The molecular formula is C21H26N2O2S. The molecule has 1 amide bonds. The number of hydrogen-bond donors (Lipinski definition) is 1. The molecule has 1 aliphatic heterocycles. The Kier molecular flexibility index (Phi) is 5.68. The predicted molar refractivity (Wildman–Crippen MR) is 105 cm³/mol. The number of carbonyl (C=O) groups is 1. The molecule has 2 heterocycles. The van der Waals surface area contributed by atoms with Crippen LogP contribution >= 0.6 is 11.3 Å². The number of amides is 1. The average molecular weight is 371 g/mol. The first kappa shape index (κ1) is 17.7. The number of ether oxygens (including phenoxy) is 1. The van der Waals surface area contributed by atoms with Crippen molar-refractivity contribution in [3.63, 3.8) is 0 Å². The number of nitrogens with one attached hydrogen (secondary N) is 1. The Hall–Kier alpha value is -1.69. The highest BCUT2D eigenvalue weighted by Gasteiger charge is 2.20. The Morgan fingerprint density at radius 2 is 1.88 bits per heavy atom. The summed E-state index contributed by atoms with van der Waals surface area (Å²) in [6, 6.07) is 8.43. The smallest absolute Gasteiger partial charge is 0.252 e. The monoisotopic (exact) mass is 370 g/mol. The van der Waals surface area contributed by atoms with Crippen LogP contribution in [0.15, 0.2) is 29.6 Å². The van der Waals surface area contributed by atoms with Crippen LogP contribution in [0.3, 0.4) is 0 Å². The molecule has 4 rings (SSSR count). The van der Waals surface area contributed by atoms with Gasteiger partial charge in [0.2, 0.25) is 0 Å². The molecule has 5 heteroatoms. The molecule has 1 saturated heterocycles. The quantitative estimate of drug-likeness (QED) is 0.877. The fraction of sp³-hybridized carbons (Fsp3) is 0.476. The highest BCUT2D eigenvalue weighted by molar-refractivity contribution is 7.10. The largest absolute Gasteiger partial charge is 0.379 e. The zero-order valence-electron chi connectivity index (χ0n) is 15.1. The van der Waals surface area contributed by atoms with Gasteiger partial charge in [-0.05, 0) is 42.4 Å². The summed E-state index contributed by atoms with van der Waals surface area (Å²) in [4.78, 5) is 16.5. The Labute approximate surface area is 159 Å². The van der Waals surface area contributed by atoms with E-state index >= 15 is 0 Å². The molecule has 1 aromatic carbocycles. The van der Waals surface area contributed by atoms with Gasteiger partial charge in [-0.3, -0.25) is 9.69 Å². The number of morpholine rings is 1. The van der Waals surface area contributed by atoms with Gasteiger partial charge in [-0.15, -0.1) is 11.3 Å². The summed E-state index contributed by atoms with van der Waals surface area (Å²) in [5.41, 5.74) is 4.69. The van der Waals surface area contributed by atoms with Crippen molar-refractivity contribution >= 4 is 17.2 Å². The molecule has 0 bridgehead atoms. The number of carbonyl (C=O) groups excluding carboxylic acids is 1. The summed E-state index contributed by atoms with van der Waals surface area (Å²) >= 11 is 1.75. The number of thiophene rings is 1. The molecule has 2 aromatic rings. The summed E-state index contributed by atoms with van der Waals surface area (Å²) in [5, 5.41) is 5.20. The van der Waals surface area contributed by atoms with E-state index in [0.717, 1.165) is 51.3 Å². The van der Waals surface area contributed by atoms with Crippen LogP contribution in [-0.2, 0) is 30.7 Å². The van der Waals surface area contributed by atoms with Crippen molar-refractivity contribution in [1.29, 1.82) is 0 Å². The second-order valence-electron chi connectivity index (χ2n) is 7.10. The van der Waals surface area contributed by atoms with Gasteiger partial charge in [-0.2, -0.15) is 0 Å². The Morgan fingerprint density at radius 1 is 1.12 bits per heavy atom. The maximum atomic E-state index is 12.7. The van der Waals surface area contributed by atoms with Gasteiger partial charge >= 0.3 is 0 Å². The van der Waals surface area contributed by atoms with E-state index in [1.807, 2.05) is 5.38 Å². The topological polar surface area (TPSA) is 41.6 Å². The molecule has 1 aliphatic carbocycles. The first-order valence-corrected chi connectivity index (χ1v) is 10.4. The standard InChI is InChI=1S/C21H26N2O2S/c24-21(19-15-26-20-8-4-3-7-18(19)20)22-13-16-5-1-2-6-17(16)14-23-9-11-25-12-10-23/h1-2,5-6,15H,3-4,7-14H2,(H,22,24). The van der Waals surface area contributed by atoms with Crippen LogP contribution in [0.5, 0.6) is 0 Å². The maximum Gasteiger partial charge on any atom is 0.252 e. The summed E-state index contributed by atoms with van der Waals surface area (Å²) in [5.74, 6) is 0.0746. The molecule has 1 N–H and O–H groups in total. The van der Waals surface area contributed by atoms with Crippen LogP contribution in [0.1, 0.15) is 44.8 Å². The molecule has 0 unspecified atom stereocenters. The zero-order chi connectivity index (χ0) is 17.8. The third kappa shape index (κ3) is 4.00. The zero-order valence-corrected chi connectivity index (χ0v) is 15.9. The van der Waals surface area contributed by atoms with Crippen molar-refractivity contribution in [2.75, 3.05) is 26.3 Å². The second-order valence-corrected chi connectivity index (χ2v) is 8.06. The van der Waals surface area contributed by atoms with E-state index in [-0.39, 0.29) is 5.91 Å². The summed E-state index contributed by atoms with van der Waals surface area (Å²) in [6.07, 6.45) is 4.64. The van der Waals surface area contributed by atoms with Crippen LogP contribution in [0.25, 0.3) is 0 Å². The van der Waals surface area contributed by atoms with Crippen LogP contribution in [0.2, 0.25) is 0 Å². The highest BCUT2D eigenvalue weighted by atomic mass is 32.1. The fourth-order valence-corrected chi connectivity index (χ4v) is 4.97. The van der Waals surface area contributed by atoms with E-state index in [2.05, 4.69) is 34.5 Å². The molecule has 1 fully saturated rings. The van der Waals surface area contributed by atoms with Crippen molar-refractivity contribution < 1.29 is 9.53 Å². The predicted octanol–water partition coefficient (Wildman–Crippen LogP) is 3.39. The van der Waals surface area contributed by atoms with Gasteiger partial charge < -0.3 is 10.1 Å². The number of nitrogens with zero attached hydrogens (tertiary/aromatic N) is 1. The van der Waals surface area contributed by atoms with Gasteiger partial charge in [0, 0.05) is 36.4 Å². The summed E-state index contributed by atoms with van der Waals surface area (Å²) < 4.78 is 5.44. The van der Waals surface area contributed by atoms with Crippen molar-refractivity contribution in [3.8, 4) is 0 Å². The lowest BCUT2D eigenvalue weighted by Gasteiger charge is -2.27. The van der Waals surface area contributed by atoms with Crippen LogP contribution in [0.4, 0.5) is 0 Å². The van der Waals surface area contributed by atoms with E-state index in [1.165, 1.54) is 34.4 Å². The number of fused-ring (bicyclic) bond motifs is 1. The lowest BCUT2D eigenvalue weighted by molar-refractivity contribution is 0.0340.